The second kappa shape index (κ2) is 7.60. The fourth-order valence-electron chi connectivity index (χ4n) is 4.19. The van der Waals surface area contributed by atoms with Crippen LogP contribution in [0.4, 0.5) is 11.4 Å². The molecule has 0 radical (unpaired) electrons. The molecular weight excluding hydrogens is 420 g/mol. The highest BCUT2D eigenvalue weighted by atomic mass is 35.5. The highest BCUT2D eigenvalue weighted by Crippen LogP contribution is 2.35. The van der Waals surface area contributed by atoms with E-state index >= 15 is 0 Å². The molecule has 1 aliphatic rings. The Kier molecular flexibility index (Phi) is 5.24. The topological polar surface area (TPSA) is 66.5 Å². The van der Waals surface area contributed by atoms with Crippen molar-refractivity contribution in [2.45, 2.75) is 32.7 Å². The number of nitrogens with zero attached hydrogens (tertiary/aromatic N) is 1. The smallest absolute Gasteiger partial charge is 0.248 e. The summed E-state index contributed by atoms with van der Waals surface area (Å²) in [6, 6.07) is 14.1. The largest absolute Gasteiger partial charge is 0.324 e. The first-order valence-electron chi connectivity index (χ1n) is 9.76. The molecule has 0 fully saturated rings. The molecule has 1 N–H and O–H groups in total. The van der Waals surface area contributed by atoms with Crippen LogP contribution in [0.25, 0.3) is 10.8 Å². The van der Waals surface area contributed by atoms with Gasteiger partial charge in [-0.05, 0) is 67.0 Å². The number of nitrogens with one attached hydrogen (secondary N) is 1. The molecule has 0 saturated heterocycles. The molecule has 156 valence electrons. The standard InChI is InChI=1S/C23H23ClN2O3S/c1-14-7-11-18(24)13-21(14)26(30(3,28)29)15(2)23(27)25-20-12-10-17-9-8-16-5-4-6-19(20)22(16)17/h4-7,10-13,15H,8-9H2,1-3H3,(H,25,27)/t15-/m1/s1. The normalized spacial score (nSPS) is 14.0. The van der Waals surface area contributed by atoms with Crippen molar-refractivity contribution in [3.8, 4) is 0 Å². The fourth-order valence-corrected chi connectivity index (χ4v) is 5.58. The number of halogens is 1. The molecule has 1 aliphatic carbocycles. The first kappa shape index (κ1) is 20.7. The molecule has 0 spiro atoms. The Hall–Kier alpha value is -2.57. The van der Waals surface area contributed by atoms with E-state index in [0.717, 1.165) is 34.4 Å². The van der Waals surface area contributed by atoms with Crippen molar-refractivity contribution < 1.29 is 13.2 Å². The molecule has 1 atom stereocenters. The Labute approximate surface area is 181 Å². The van der Waals surface area contributed by atoms with Crippen LogP contribution >= 0.6 is 11.6 Å². The lowest BCUT2D eigenvalue weighted by Gasteiger charge is -2.29. The van der Waals surface area contributed by atoms with Crippen molar-refractivity contribution in [1.82, 2.24) is 0 Å². The van der Waals surface area contributed by atoms with E-state index in [0.29, 0.717) is 16.4 Å². The summed E-state index contributed by atoms with van der Waals surface area (Å²) in [5.74, 6) is -0.404. The molecule has 7 heteroatoms. The maximum absolute atomic E-state index is 13.1. The highest BCUT2D eigenvalue weighted by Gasteiger charge is 2.31. The minimum absolute atomic E-state index is 0.396. The van der Waals surface area contributed by atoms with Gasteiger partial charge in [0.25, 0.3) is 0 Å². The van der Waals surface area contributed by atoms with Gasteiger partial charge < -0.3 is 5.32 Å². The van der Waals surface area contributed by atoms with Crippen LogP contribution < -0.4 is 9.62 Å². The summed E-state index contributed by atoms with van der Waals surface area (Å²) < 4.78 is 26.3. The average molecular weight is 443 g/mol. The van der Waals surface area contributed by atoms with Gasteiger partial charge >= 0.3 is 0 Å². The van der Waals surface area contributed by atoms with Gasteiger partial charge in [-0.3, -0.25) is 9.10 Å². The maximum Gasteiger partial charge on any atom is 0.248 e. The monoisotopic (exact) mass is 442 g/mol. The third-order valence-corrected chi connectivity index (χ3v) is 7.09. The molecule has 4 rings (SSSR count). The molecule has 1 amide bonds. The number of carbonyl (C=O) groups is 1. The number of anilines is 2. The van der Waals surface area contributed by atoms with E-state index < -0.39 is 22.0 Å². The molecule has 0 bridgehead atoms. The van der Waals surface area contributed by atoms with Crippen molar-refractivity contribution in [3.63, 3.8) is 0 Å². The van der Waals surface area contributed by atoms with Crippen molar-refractivity contribution in [2.24, 2.45) is 0 Å². The van der Waals surface area contributed by atoms with Gasteiger partial charge in [0.2, 0.25) is 15.9 Å². The quantitative estimate of drug-likeness (QED) is 0.623. The van der Waals surface area contributed by atoms with Crippen LogP contribution in [0, 0.1) is 6.92 Å². The predicted molar refractivity (Wildman–Crippen MR) is 123 cm³/mol. The number of rotatable bonds is 5. The molecule has 0 saturated carbocycles. The van der Waals surface area contributed by atoms with Gasteiger partial charge in [0.15, 0.2) is 0 Å². The Bertz CT molecular complexity index is 1260. The van der Waals surface area contributed by atoms with Crippen LogP contribution in [0.1, 0.15) is 23.6 Å². The SMILES string of the molecule is Cc1ccc(Cl)cc1N([C@H](C)C(=O)Nc1ccc2c3c(cccc13)CC2)S(C)(=O)=O. The van der Waals surface area contributed by atoms with Gasteiger partial charge in [-0.25, -0.2) is 8.42 Å². The van der Waals surface area contributed by atoms with E-state index in [2.05, 4.69) is 11.4 Å². The summed E-state index contributed by atoms with van der Waals surface area (Å²) in [6.07, 6.45) is 3.09. The van der Waals surface area contributed by atoms with Crippen molar-refractivity contribution in [2.75, 3.05) is 15.9 Å². The number of carbonyl (C=O) groups excluding carboxylic acids is 1. The summed E-state index contributed by atoms with van der Waals surface area (Å²) >= 11 is 6.10. The van der Waals surface area contributed by atoms with E-state index in [9.17, 15) is 13.2 Å². The van der Waals surface area contributed by atoms with Crippen LogP contribution in [0.5, 0.6) is 0 Å². The Morgan fingerprint density at radius 3 is 2.50 bits per heavy atom. The first-order chi connectivity index (χ1) is 14.2. The summed E-state index contributed by atoms with van der Waals surface area (Å²) in [7, 11) is -3.73. The zero-order valence-electron chi connectivity index (χ0n) is 17.1. The van der Waals surface area contributed by atoms with Gasteiger partial charge in [0, 0.05) is 16.1 Å². The second-order valence-electron chi connectivity index (χ2n) is 7.77. The van der Waals surface area contributed by atoms with Gasteiger partial charge in [-0.1, -0.05) is 41.9 Å². The van der Waals surface area contributed by atoms with Gasteiger partial charge in [-0.15, -0.1) is 0 Å². The van der Waals surface area contributed by atoms with Crippen molar-refractivity contribution >= 4 is 49.7 Å². The van der Waals surface area contributed by atoms with E-state index in [4.69, 9.17) is 11.6 Å². The maximum atomic E-state index is 13.1. The van der Waals surface area contributed by atoms with Crippen molar-refractivity contribution in [1.29, 1.82) is 0 Å². The Morgan fingerprint density at radius 1 is 1.10 bits per heavy atom. The molecule has 3 aromatic rings. The first-order valence-corrected chi connectivity index (χ1v) is 12.0. The zero-order valence-corrected chi connectivity index (χ0v) is 18.6. The molecule has 0 aliphatic heterocycles. The lowest BCUT2D eigenvalue weighted by molar-refractivity contribution is -0.116. The van der Waals surface area contributed by atoms with Crippen LogP contribution in [0.3, 0.4) is 0 Å². The number of sulfonamides is 1. The minimum atomic E-state index is -3.73. The van der Waals surface area contributed by atoms with Crippen LogP contribution in [-0.4, -0.2) is 26.6 Å². The fraction of sp³-hybridized carbons (Fsp3) is 0.261. The minimum Gasteiger partial charge on any atom is -0.324 e. The molecule has 3 aromatic carbocycles. The lowest BCUT2D eigenvalue weighted by Crippen LogP contribution is -2.45. The molecule has 5 nitrogen and oxygen atoms in total. The van der Waals surface area contributed by atoms with Gasteiger partial charge in [-0.2, -0.15) is 0 Å². The van der Waals surface area contributed by atoms with Gasteiger partial charge in [0.05, 0.1) is 11.9 Å². The van der Waals surface area contributed by atoms with Crippen LogP contribution in [0.2, 0.25) is 5.02 Å². The number of aryl methyl sites for hydroxylation is 3. The highest BCUT2D eigenvalue weighted by molar-refractivity contribution is 7.92. The number of amides is 1. The van der Waals surface area contributed by atoms with Crippen LogP contribution in [-0.2, 0) is 27.7 Å². The lowest BCUT2D eigenvalue weighted by atomic mass is 10.0. The third kappa shape index (κ3) is 3.66. The molecular formula is C23H23ClN2O3S. The van der Waals surface area contributed by atoms with E-state index in [-0.39, 0.29) is 0 Å². The van der Waals surface area contributed by atoms with Crippen molar-refractivity contribution in [3.05, 3.63) is 70.2 Å². The summed E-state index contributed by atoms with van der Waals surface area (Å²) in [6.45, 7) is 3.37. The molecule has 0 aromatic heterocycles. The van der Waals surface area contributed by atoms with Gasteiger partial charge in [0.1, 0.15) is 6.04 Å². The zero-order chi connectivity index (χ0) is 21.6. The Morgan fingerprint density at radius 2 is 1.80 bits per heavy atom. The molecule has 30 heavy (non-hydrogen) atoms. The predicted octanol–water partition coefficient (Wildman–Crippen LogP) is 4.69. The third-order valence-electron chi connectivity index (χ3n) is 5.63. The van der Waals surface area contributed by atoms with E-state index in [1.165, 1.54) is 16.5 Å². The number of hydrogen-bond acceptors (Lipinski definition) is 3. The molecule has 0 unspecified atom stereocenters. The average Bonchev–Trinajstić information content (AvgIpc) is 3.10. The van der Waals surface area contributed by atoms with E-state index in [1.54, 1.807) is 32.0 Å². The number of benzene rings is 3. The Balaban J connectivity index is 1.71. The summed E-state index contributed by atoms with van der Waals surface area (Å²) in [5, 5.41) is 5.52. The summed E-state index contributed by atoms with van der Waals surface area (Å²) in [4.78, 5) is 13.1. The van der Waals surface area contributed by atoms with E-state index in [1.807, 2.05) is 24.3 Å². The van der Waals surface area contributed by atoms with Crippen LogP contribution in [0.15, 0.2) is 48.5 Å². The molecule has 0 heterocycles. The number of hydrogen-bond donors (Lipinski definition) is 1. The summed E-state index contributed by atoms with van der Waals surface area (Å²) in [5.41, 5.74) is 4.35. The second-order valence-corrected chi connectivity index (χ2v) is 10.1.